The van der Waals surface area contributed by atoms with Gasteiger partial charge in [0.25, 0.3) is 0 Å². The summed E-state index contributed by atoms with van der Waals surface area (Å²) in [5, 5.41) is 15.3. The van der Waals surface area contributed by atoms with Gasteiger partial charge in [-0.15, -0.1) is 11.3 Å². The third-order valence-corrected chi connectivity index (χ3v) is 10.4. The van der Waals surface area contributed by atoms with E-state index in [-0.39, 0.29) is 18.9 Å². The molecule has 2 aromatic carbocycles. The number of aliphatic carboxylic acids is 1. The molecule has 4 aromatic rings. The predicted molar refractivity (Wildman–Crippen MR) is 183 cm³/mol. The lowest BCUT2D eigenvalue weighted by Gasteiger charge is -2.22. The summed E-state index contributed by atoms with van der Waals surface area (Å²) in [4.78, 5) is 33.4. The molecule has 0 aliphatic carbocycles. The molecule has 0 saturated heterocycles. The van der Waals surface area contributed by atoms with Crippen molar-refractivity contribution in [2.45, 2.75) is 62.3 Å². The topological polar surface area (TPSA) is 175 Å². The van der Waals surface area contributed by atoms with Crippen molar-refractivity contribution in [2.24, 2.45) is 5.73 Å². The highest BCUT2D eigenvalue weighted by molar-refractivity contribution is 8.34. The van der Waals surface area contributed by atoms with E-state index in [1.807, 2.05) is 36.4 Å². The zero-order valence-corrected chi connectivity index (χ0v) is 29.7. The first kappa shape index (κ1) is 39.5. The number of hydrogen-bond donors (Lipinski definition) is 4. The second kappa shape index (κ2) is 16.2. The minimum atomic E-state index is -5.08. The number of benzene rings is 2. The molecule has 2 aromatic heterocycles. The number of rotatable bonds is 11. The molecule has 49 heavy (non-hydrogen) atoms. The summed E-state index contributed by atoms with van der Waals surface area (Å²) in [5.41, 5.74) is 7.68. The van der Waals surface area contributed by atoms with Gasteiger partial charge >= 0.3 is 18.1 Å². The zero-order chi connectivity index (χ0) is 36.7. The molecule has 0 fully saturated rings. The van der Waals surface area contributed by atoms with E-state index in [9.17, 15) is 27.0 Å². The fourth-order valence-electron chi connectivity index (χ4n) is 4.12. The number of esters is 1. The average molecular weight is 764 g/mol. The molecular weight excluding hydrogens is 731 g/mol. The molecule has 0 bridgehead atoms. The number of alkyl halides is 3. The number of nitrogens with zero attached hydrogens (tertiary/aromatic N) is 2. The number of halogens is 4. The average Bonchev–Trinajstić information content (AvgIpc) is 3.59. The second-order valence-corrected chi connectivity index (χ2v) is 16.3. The van der Waals surface area contributed by atoms with Crippen molar-refractivity contribution in [2.75, 3.05) is 11.8 Å². The third-order valence-electron chi connectivity index (χ3n) is 6.17. The smallest absolute Gasteiger partial charge is 0.490 e. The first-order valence-electron chi connectivity index (χ1n) is 14.1. The Morgan fingerprint density at radius 3 is 2.33 bits per heavy atom. The number of carbonyl (C=O) groups is 3. The molecule has 2 atom stereocenters. The van der Waals surface area contributed by atoms with Crippen LogP contribution in [0.15, 0.2) is 58.8 Å². The first-order chi connectivity index (χ1) is 22.7. The molecule has 19 heteroatoms. The summed E-state index contributed by atoms with van der Waals surface area (Å²) >= 11 is 12.6. The maximum Gasteiger partial charge on any atom is 0.490 e. The Balaban J connectivity index is 0.000000838. The SMILES string of the molecule is COc1cccc2c1c(NS(=O)(=S)c1ccc(Cl)s1)nn2Cc1cccc(CNC(=O)C[C@H](N)C(=O)OC(C)(C)C)c1.O=C(O)C(F)(F)F. The minimum absolute atomic E-state index is 0.185. The van der Waals surface area contributed by atoms with E-state index in [2.05, 4.69) is 10.0 Å². The number of nitrogens with one attached hydrogen (secondary N) is 2. The highest BCUT2D eigenvalue weighted by atomic mass is 35.5. The summed E-state index contributed by atoms with van der Waals surface area (Å²) in [5.74, 6) is -2.86. The van der Waals surface area contributed by atoms with Crippen LogP contribution < -0.4 is 20.5 Å². The van der Waals surface area contributed by atoms with Gasteiger partial charge in [0, 0.05) is 17.7 Å². The predicted octanol–water partition coefficient (Wildman–Crippen LogP) is 5.25. The Morgan fingerprint density at radius 2 is 1.76 bits per heavy atom. The molecule has 266 valence electrons. The fourth-order valence-corrected chi connectivity index (χ4v) is 7.33. The standard InChI is InChI=1S/C28H32ClN5O5S3.C2HF3O2/c1-28(2,3)39-27(36)19(30)14-23(35)31-15-17-7-5-8-18(13-17)16-34-20-9-6-10-21(38-4)25(20)26(32-34)33-42(37,40)24-12-11-22(29)41-24;3-2(4,5)1(6)7/h5-13,19H,14-16,30H2,1-4H3,(H,31,35)(H,32,33);(H,6,7)/t19-,42?;/m0./s1. The number of nitrogens with two attached hydrogens (primary N) is 1. The van der Waals surface area contributed by atoms with E-state index < -0.39 is 38.4 Å². The van der Waals surface area contributed by atoms with Crippen LogP contribution in [0.2, 0.25) is 4.34 Å². The number of hydrogen-bond acceptors (Lipinski definition) is 10. The molecular formula is C30H33ClF3N5O7S3. The summed E-state index contributed by atoms with van der Waals surface area (Å²) in [6.45, 7) is 5.84. The van der Waals surface area contributed by atoms with E-state index in [1.165, 1.54) is 0 Å². The van der Waals surface area contributed by atoms with E-state index in [0.717, 1.165) is 28.0 Å². The van der Waals surface area contributed by atoms with Crippen molar-refractivity contribution in [3.8, 4) is 5.75 Å². The Kier molecular flexibility index (Phi) is 13.0. The second-order valence-electron chi connectivity index (χ2n) is 11.3. The molecule has 4 rings (SSSR count). The van der Waals surface area contributed by atoms with Crippen molar-refractivity contribution in [1.82, 2.24) is 15.1 Å². The number of carboxylic acids is 1. The summed E-state index contributed by atoms with van der Waals surface area (Å²) in [6, 6.07) is 15.4. The number of fused-ring (bicyclic) bond motifs is 1. The molecule has 0 spiro atoms. The van der Waals surface area contributed by atoms with Crippen molar-refractivity contribution >= 4 is 77.4 Å². The largest absolute Gasteiger partial charge is 0.496 e. The fraction of sp³-hybridized carbons (Fsp3) is 0.333. The number of anilines is 1. The van der Waals surface area contributed by atoms with E-state index in [0.29, 0.717) is 32.0 Å². The lowest BCUT2D eigenvalue weighted by atomic mass is 10.1. The molecule has 5 N–H and O–H groups in total. The lowest BCUT2D eigenvalue weighted by Crippen LogP contribution is -2.41. The Hall–Kier alpha value is -3.97. The summed E-state index contributed by atoms with van der Waals surface area (Å²) < 4.78 is 61.6. The number of carbonyl (C=O) groups excluding carboxylic acids is 2. The van der Waals surface area contributed by atoms with Crippen molar-refractivity contribution in [3.05, 3.63) is 70.1 Å². The van der Waals surface area contributed by atoms with Crippen molar-refractivity contribution in [1.29, 1.82) is 0 Å². The molecule has 0 saturated carbocycles. The van der Waals surface area contributed by atoms with Crippen LogP contribution in [0, 0.1) is 0 Å². The lowest BCUT2D eigenvalue weighted by molar-refractivity contribution is -0.192. The highest BCUT2D eigenvalue weighted by Crippen LogP contribution is 2.35. The number of carboxylic acid groups (broad SMARTS) is 1. The van der Waals surface area contributed by atoms with Crippen LogP contribution in [0.25, 0.3) is 10.9 Å². The number of aromatic nitrogens is 2. The molecule has 1 amide bonds. The quantitative estimate of drug-likeness (QED) is 0.148. The maximum absolute atomic E-state index is 13.4. The van der Waals surface area contributed by atoms with Gasteiger partial charge in [-0.05, 0) is 56.2 Å². The van der Waals surface area contributed by atoms with E-state index in [4.69, 9.17) is 53.0 Å². The van der Waals surface area contributed by atoms with Gasteiger partial charge in [0.15, 0.2) is 14.5 Å². The number of methoxy groups -OCH3 is 1. The van der Waals surface area contributed by atoms with Gasteiger partial charge in [0.05, 0.1) is 35.3 Å². The van der Waals surface area contributed by atoms with Gasteiger partial charge in [0.2, 0.25) is 5.91 Å². The van der Waals surface area contributed by atoms with E-state index >= 15 is 0 Å². The molecule has 0 aliphatic heterocycles. The van der Waals surface area contributed by atoms with Gasteiger partial charge in [-0.2, -0.15) is 18.3 Å². The minimum Gasteiger partial charge on any atom is -0.496 e. The first-order valence-corrected chi connectivity index (χ1v) is 17.8. The number of ether oxygens (including phenoxy) is 2. The number of thiophene rings is 1. The summed E-state index contributed by atoms with van der Waals surface area (Å²) in [6.07, 6.45) is -5.27. The Bertz CT molecular complexity index is 1930. The maximum atomic E-state index is 13.4. The highest BCUT2D eigenvalue weighted by Gasteiger charge is 2.38. The van der Waals surface area contributed by atoms with E-state index in [1.54, 1.807) is 50.8 Å². The monoisotopic (exact) mass is 763 g/mol. The van der Waals surface area contributed by atoms with Gasteiger partial charge in [-0.25, -0.2) is 9.00 Å². The van der Waals surface area contributed by atoms with Crippen molar-refractivity contribution in [3.63, 3.8) is 0 Å². The van der Waals surface area contributed by atoms with Crippen LogP contribution in [0.4, 0.5) is 19.0 Å². The molecule has 2 heterocycles. The van der Waals surface area contributed by atoms with Crippen LogP contribution in [0.3, 0.4) is 0 Å². The zero-order valence-electron chi connectivity index (χ0n) is 26.5. The van der Waals surface area contributed by atoms with Crippen molar-refractivity contribution < 1.29 is 46.3 Å². The van der Waals surface area contributed by atoms with Crippen LogP contribution in [-0.2, 0) is 52.1 Å². The normalized spacial score (nSPS) is 13.4. The Labute approximate surface area is 293 Å². The van der Waals surface area contributed by atoms with Gasteiger partial charge in [-0.1, -0.05) is 41.9 Å². The molecule has 0 radical (unpaired) electrons. The van der Waals surface area contributed by atoms with Gasteiger partial charge in [0.1, 0.15) is 21.6 Å². The Morgan fingerprint density at radius 1 is 1.12 bits per heavy atom. The number of amides is 1. The molecule has 0 aliphatic rings. The summed E-state index contributed by atoms with van der Waals surface area (Å²) in [7, 11) is -1.55. The molecule has 1 unspecified atom stereocenters. The van der Waals surface area contributed by atoms with Crippen LogP contribution >= 0.6 is 22.9 Å². The van der Waals surface area contributed by atoms with Gasteiger partial charge in [-0.3, -0.25) is 19.0 Å². The van der Waals surface area contributed by atoms with Crippen LogP contribution in [-0.4, -0.2) is 61.9 Å². The third kappa shape index (κ3) is 11.6. The molecule has 12 nitrogen and oxygen atoms in total. The van der Waals surface area contributed by atoms with Gasteiger partial charge < -0.3 is 25.6 Å². The van der Waals surface area contributed by atoms with Crippen LogP contribution in [0.1, 0.15) is 38.3 Å². The van der Waals surface area contributed by atoms with Crippen LogP contribution in [0.5, 0.6) is 5.75 Å².